The average molecular weight is 302 g/mol. The zero-order valence-corrected chi connectivity index (χ0v) is 13.4. The van der Waals surface area contributed by atoms with E-state index in [2.05, 4.69) is 23.5 Å². The van der Waals surface area contributed by atoms with Gasteiger partial charge in [-0.15, -0.1) is 0 Å². The van der Waals surface area contributed by atoms with Crippen molar-refractivity contribution in [3.63, 3.8) is 0 Å². The number of hydrogen-bond donors (Lipinski definition) is 2. The third kappa shape index (κ3) is 4.31. The molecule has 0 unspecified atom stereocenters. The van der Waals surface area contributed by atoms with Crippen LogP contribution in [0, 0.1) is 0 Å². The predicted molar refractivity (Wildman–Crippen MR) is 81.0 cm³/mol. The summed E-state index contributed by atoms with van der Waals surface area (Å²) in [5, 5.41) is 0. The van der Waals surface area contributed by atoms with Crippen molar-refractivity contribution in [2.45, 2.75) is 38.8 Å². The van der Waals surface area contributed by atoms with Crippen molar-refractivity contribution in [2.75, 3.05) is 26.2 Å². The van der Waals surface area contributed by atoms with Crippen molar-refractivity contribution < 1.29 is 8.42 Å². The molecule has 7 heteroatoms. The van der Waals surface area contributed by atoms with E-state index in [0.717, 1.165) is 18.8 Å². The van der Waals surface area contributed by atoms with Crippen molar-refractivity contribution in [2.24, 2.45) is 5.73 Å². The Bertz CT molecular complexity index is 485. The number of sulfonamides is 1. The Morgan fingerprint density at radius 2 is 1.95 bits per heavy atom. The van der Waals surface area contributed by atoms with Gasteiger partial charge in [-0.2, -0.15) is 0 Å². The molecule has 0 amide bonds. The van der Waals surface area contributed by atoms with Gasteiger partial charge in [0.2, 0.25) is 10.0 Å². The highest BCUT2D eigenvalue weighted by Gasteiger charge is 2.17. The fourth-order valence-electron chi connectivity index (χ4n) is 2.10. The molecule has 0 fully saturated rings. The summed E-state index contributed by atoms with van der Waals surface area (Å²) in [5.74, 6) is 0. The van der Waals surface area contributed by atoms with Crippen molar-refractivity contribution >= 4 is 10.0 Å². The summed E-state index contributed by atoms with van der Waals surface area (Å²) in [5.41, 5.74) is 6.45. The Hall–Kier alpha value is -0.890. The molecule has 0 radical (unpaired) electrons. The number of aromatic nitrogens is 1. The molecular weight excluding hydrogens is 276 g/mol. The molecule has 1 aromatic heterocycles. The standard InChI is InChI=1S/C13H26N4O2S/c1-4-16(5-2)8-7-15-20(18,19)13-9-12(10-14)17(6-3)11-13/h9,11,15H,4-8,10,14H2,1-3H3. The fourth-order valence-corrected chi connectivity index (χ4v) is 3.18. The molecule has 0 aliphatic rings. The molecule has 0 aliphatic carbocycles. The fraction of sp³-hybridized carbons (Fsp3) is 0.692. The Kier molecular flexibility index (Phi) is 6.67. The van der Waals surface area contributed by atoms with E-state index < -0.39 is 10.0 Å². The number of likely N-dealkylation sites (N-methyl/N-ethyl adjacent to an activating group) is 1. The molecule has 0 saturated heterocycles. The molecule has 116 valence electrons. The minimum atomic E-state index is -3.45. The third-order valence-corrected chi connectivity index (χ3v) is 4.86. The van der Waals surface area contributed by atoms with E-state index in [-0.39, 0.29) is 0 Å². The van der Waals surface area contributed by atoms with E-state index in [9.17, 15) is 8.42 Å². The van der Waals surface area contributed by atoms with Crippen LogP contribution >= 0.6 is 0 Å². The van der Waals surface area contributed by atoms with E-state index in [1.165, 1.54) is 0 Å². The molecule has 1 rings (SSSR count). The highest BCUT2D eigenvalue weighted by atomic mass is 32.2. The summed E-state index contributed by atoms with van der Waals surface area (Å²) in [7, 11) is -3.45. The van der Waals surface area contributed by atoms with Crippen molar-refractivity contribution in [1.29, 1.82) is 0 Å². The van der Waals surface area contributed by atoms with Crippen LogP contribution in [0.25, 0.3) is 0 Å². The van der Waals surface area contributed by atoms with Gasteiger partial charge in [0.1, 0.15) is 0 Å². The second-order valence-corrected chi connectivity index (χ2v) is 6.35. The second-order valence-electron chi connectivity index (χ2n) is 4.58. The van der Waals surface area contributed by atoms with Crippen LogP contribution in [0.4, 0.5) is 0 Å². The highest BCUT2D eigenvalue weighted by Crippen LogP contribution is 2.14. The summed E-state index contributed by atoms with van der Waals surface area (Å²) in [6, 6.07) is 1.64. The summed E-state index contributed by atoms with van der Waals surface area (Å²) < 4.78 is 28.9. The van der Waals surface area contributed by atoms with Gasteiger partial charge in [-0.05, 0) is 26.1 Å². The Balaban J connectivity index is 2.71. The van der Waals surface area contributed by atoms with Gasteiger partial charge in [0.25, 0.3) is 0 Å². The average Bonchev–Trinajstić information content (AvgIpc) is 2.87. The quantitative estimate of drug-likeness (QED) is 0.699. The molecule has 0 bridgehead atoms. The van der Waals surface area contributed by atoms with Gasteiger partial charge in [0.15, 0.2) is 0 Å². The molecule has 0 spiro atoms. The molecule has 3 N–H and O–H groups in total. The highest BCUT2D eigenvalue weighted by molar-refractivity contribution is 7.89. The van der Waals surface area contributed by atoms with E-state index in [1.54, 1.807) is 12.3 Å². The first-order chi connectivity index (χ1) is 9.48. The lowest BCUT2D eigenvalue weighted by Gasteiger charge is -2.17. The maximum Gasteiger partial charge on any atom is 0.242 e. The Labute approximate surface area is 122 Å². The van der Waals surface area contributed by atoms with Crippen LogP contribution in [0.5, 0.6) is 0 Å². The first kappa shape index (κ1) is 17.2. The van der Waals surface area contributed by atoms with E-state index in [0.29, 0.717) is 31.1 Å². The second kappa shape index (κ2) is 7.78. The lowest BCUT2D eigenvalue weighted by Crippen LogP contribution is -2.34. The number of rotatable bonds is 9. The summed E-state index contributed by atoms with van der Waals surface area (Å²) >= 11 is 0. The van der Waals surface area contributed by atoms with Crippen LogP contribution in [-0.2, 0) is 23.1 Å². The van der Waals surface area contributed by atoms with E-state index in [1.807, 2.05) is 11.5 Å². The Morgan fingerprint density at radius 3 is 2.40 bits per heavy atom. The van der Waals surface area contributed by atoms with Gasteiger partial charge in [-0.1, -0.05) is 13.8 Å². The smallest absolute Gasteiger partial charge is 0.242 e. The van der Waals surface area contributed by atoms with E-state index in [4.69, 9.17) is 5.73 Å². The number of nitrogens with zero attached hydrogens (tertiary/aromatic N) is 2. The molecule has 0 atom stereocenters. The minimum absolute atomic E-state index is 0.291. The van der Waals surface area contributed by atoms with Gasteiger partial charge >= 0.3 is 0 Å². The topological polar surface area (TPSA) is 80.4 Å². The molecule has 1 aromatic rings. The first-order valence-electron chi connectivity index (χ1n) is 7.09. The molecular formula is C13H26N4O2S. The van der Waals surface area contributed by atoms with Crippen LogP contribution < -0.4 is 10.5 Å². The van der Waals surface area contributed by atoms with Crippen LogP contribution in [0.3, 0.4) is 0 Å². The van der Waals surface area contributed by atoms with Gasteiger partial charge in [-0.25, -0.2) is 13.1 Å². The van der Waals surface area contributed by atoms with Crippen molar-refractivity contribution in [1.82, 2.24) is 14.2 Å². The lowest BCUT2D eigenvalue weighted by atomic mass is 10.4. The summed E-state index contributed by atoms with van der Waals surface area (Å²) in [6.45, 7) is 10.1. The van der Waals surface area contributed by atoms with E-state index >= 15 is 0 Å². The third-order valence-electron chi connectivity index (χ3n) is 3.44. The molecule has 0 aliphatic heterocycles. The minimum Gasteiger partial charge on any atom is -0.349 e. The first-order valence-corrected chi connectivity index (χ1v) is 8.57. The van der Waals surface area contributed by atoms with Crippen LogP contribution in [0.15, 0.2) is 17.2 Å². The Morgan fingerprint density at radius 1 is 1.30 bits per heavy atom. The molecule has 6 nitrogen and oxygen atoms in total. The molecule has 0 aromatic carbocycles. The van der Waals surface area contributed by atoms with Crippen molar-refractivity contribution in [3.05, 3.63) is 18.0 Å². The largest absolute Gasteiger partial charge is 0.349 e. The van der Waals surface area contributed by atoms with Gasteiger partial charge in [0, 0.05) is 38.1 Å². The van der Waals surface area contributed by atoms with Crippen LogP contribution in [0.1, 0.15) is 26.5 Å². The maximum atomic E-state index is 12.2. The monoisotopic (exact) mass is 302 g/mol. The summed E-state index contributed by atoms with van der Waals surface area (Å²) in [4.78, 5) is 2.46. The summed E-state index contributed by atoms with van der Waals surface area (Å²) in [6.07, 6.45) is 1.64. The van der Waals surface area contributed by atoms with Gasteiger partial charge in [0.05, 0.1) is 4.90 Å². The van der Waals surface area contributed by atoms with Gasteiger partial charge < -0.3 is 15.2 Å². The van der Waals surface area contributed by atoms with Crippen LogP contribution in [0.2, 0.25) is 0 Å². The lowest BCUT2D eigenvalue weighted by molar-refractivity contribution is 0.309. The zero-order chi connectivity index (χ0) is 15.2. The predicted octanol–water partition coefficient (Wildman–Crippen LogP) is 0.587. The van der Waals surface area contributed by atoms with Crippen molar-refractivity contribution in [3.8, 4) is 0 Å². The van der Waals surface area contributed by atoms with Gasteiger partial charge in [-0.3, -0.25) is 0 Å². The SMILES string of the molecule is CCN(CC)CCNS(=O)(=O)c1cc(CN)n(CC)c1. The maximum absolute atomic E-state index is 12.2. The number of hydrogen-bond acceptors (Lipinski definition) is 4. The molecule has 20 heavy (non-hydrogen) atoms. The molecule has 0 saturated carbocycles. The van der Waals surface area contributed by atoms with Crippen LogP contribution in [-0.4, -0.2) is 44.1 Å². The zero-order valence-electron chi connectivity index (χ0n) is 12.6. The number of aryl methyl sites for hydroxylation is 1. The number of nitrogens with two attached hydrogens (primary N) is 1. The normalized spacial score (nSPS) is 12.2. The molecule has 1 heterocycles. The number of nitrogens with one attached hydrogen (secondary N) is 1.